The van der Waals surface area contributed by atoms with E-state index in [-0.39, 0.29) is 0 Å². The first-order valence-corrected chi connectivity index (χ1v) is 7.95. The van der Waals surface area contributed by atoms with Crippen molar-refractivity contribution in [2.24, 2.45) is 5.92 Å². The highest BCUT2D eigenvalue weighted by Crippen LogP contribution is 2.15. The molecule has 19 heavy (non-hydrogen) atoms. The third-order valence-corrected chi connectivity index (χ3v) is 3.96. The first-order chi connectivity index (χ1) is 9.24. The maximum absolute atomic E-state index is 5.87. The van der Waals surface area contributed by atoms with Crippen LogP contribution in [0.5, 0.6) is 0 Å². The van der Waals surface area contributed by atoms with Gasteiger partial charge in [-0.1, -0.05) is 13.8 Å². The molecule has 0 radical (unpaired) electrons. The Balaban J connectivity index is 1.68. The molecule has 0 amide bonds. The monoisotopic (exact) mass is 284 g/mol. The van der Waals surface area contributed by atoms with E-state index in [1.165, 1.54) is 0 Å². The molecule has 0 unspecified atom stereocenters. The smallest absolute Gasteiger partial charge is 0.107 e. The van der Waals surface area contributed by atoms with Crippen molar-refractivity contribution in [3.05, 3.63) is 16.1 Å². The molecule has 1 aromatic rings. The Hall–Kier alpha value is -0.490. The predicted molar refractivity (Wildman–Crippen MR) is 77.3 cm³/mol. The van der Waals surface area contributed by atoms with Crippen molar-refractivity contribution >= 4 is 11.3 Å². The van der Waals surface area contributed by atoms with E-state index in [4.69, 9.17) is 9.47 Å². The number of ether oxygens (including phenoxy) is 2. The molecule has 2 rings (SSSR count). The topological polar surface area (TPSA) is 43.4 Å². The molecule has 0 spiro atoms. The molecule has 1 N–H and O–H groups in total. The van der Waals surface area contributed by atoms with Crippen LogP contribution in [0, 0.1) is 5.92 Å². The molecule has 108 valence electrons. The third kappa shape index (κ3) is 5.57. The Morgan fingerprint density at radius 3 is 3.00 bits per heavy atom. The minimum Gasteiger partial charge on any atom is -0.381 e. The van der Waals surface area contributed by atoms with Crippen molar-refractivity contribution in [3.8, 4) is 0 Å². The fourth-order valence-corrected chi connectivity index (χ4v) is 2.76. The summed E-state index contributed by atoms with van der Waals surface area (Å²) in [5, 5.41) is 6.66. The van der Waals surface area contributed by atoms with Gasteiger partial charge in [0.15, 0.2) is 0 Å². The van der Waals surface area contributed by atoms with Crippen LogP contribution in [-0.4, -0.2) is 30.8 Å². The van der Waals surface area contributed by atoms with E-state index in [0.717, 1.165) is 49.8 Å². The lowest BCUT2D eigenvalue weighted by Crippen LogP contribution is -2.23. The molecule has 4 nitrogen and oxygen atoms in total. The van der Waals surface area contributed by atoms with Crippen LogP contribution in [0.15, 0.2) is 5.38 Å². The zero-order valence-electron chi connectivity index (χ0n) is 11.9. The Kier molecular flexibility index (Phi) is 6.23. The quantitative estimate of drug-likeness (QED) is 0.836. The van der Waals surface area contributed by atoms with E-state index < -0.39 is 0 Å². The van der Waals surface area contributed by atoms with Gasteiger partial charge in [0.25, 0.3) is 0 Å². The van der Waals surface area contributed by atoms with Gasteiger partial charge in [0.2, 0.25) is 0 Å². The molecular weight excluding hydrogens is 260 g/mol. The average Bonchev–Trinajstić information content (AvgIpc) is 2.85. The summed E-state index contributed by atoms with van der Waals surface area (Å²) in [7, 11) is 0. The number of nitrogens with zero attached hydrogens (tertiary/aromatic N) is 1. The van der Waals surface area contributed by atoms with Crippen LogP contribution in [0.2, 0.25) is 0 Å². The number of rotatable bonds is 7. The maximum atomic E-state index is 5.87. The van der Waals surface area contributed by atoms with Gasteiger partial charge in [0.05, 0.1) is 18.4 Å². The molecule has 0 aliphatic carbocycles. The van der Waals surface area contributed by atoms with Crippen LogP contribution in [-0.2, 0) is 22.6 Å². The lowest BCUT2D eigenvalue weighted by Gasteiger charge is -2.21. The van der Waals surface area contributed by atoms with Gasteiger partial charge in [-0.3, -0.25) is 0 Å². The first kappa shape index (κ1) is 14.9. The standard InChI is InChI=1S/C14H24N2O2S/c1-11(2)7-15-8-14-16-12(10-19-14)9-18-13-3-5-17-6-4-13/h10-11,13,15H,3-9H2,1-2H3. The van der Waals surface area contributed by atoms with Crippen LogP contribution < -0.4 is 5.32 Å². The molecule has 1 aliphatic rings. The summed E-state index contributed by atoms with van der Waals surface area (Å²) >= 11 is 1.71. The average molecular weight is 284 g/mol. The van der Waals surface area contributed by atoms with Crippen LogP contribution in [0.4, 0.5) is 0 Å². The number of aromatic nitrogens is 1. The van der Waals surface area contributed by atoms with E-state index in [1.807, 2.05) is 0 Å². The van der Waals surface area contributed by atoms with Crippen molar-refractivity contribution in [3.63, 3.8) is 0 Å². The number of nitrogens with one attached hydrogen (secondary N) is 1. The van der Waals surface area contributed by atoms with Crippen molar-refractivity contribution in [2.45, 2.75) is 45.9 Å². The first-order valence-electron chi connectivity index (χ1n) is 7.07. The lowest BCUT2D eigenvalue weighted by atomic mass is 10.1. The molecule has 0 saturated carbocycles. The van der Waals surface area contributed by atoms with Crippen molar-refractivity contribution in [1.29, 1.82) is 0 Å². The van der Waals surface area contributed by atoms with Gasteiger partial charge < -0.3 is 14.8 Å². The van der Waals surface area contributed by atoms with E-state index in [0.29, 0.717) is 18.6 Å². The molecular formula is C14H24N2O2S. The Labute approximate surface area is 119 Å². The molecule has 1 aromatic heterocycles. The van der Waals surface area contributed by atoms with Gasteiger partial charge in [0.1, 0.15) is 5.01 Å². The summed E-state index contributed by atoms with van der Waals surface area (Å²) < 4.78 is 11.2. The number of thiazole rings is 1. The fraction of sp³-hybridized carbons (Fsp3) is 0.786. The SMILES string of the molecule is CC(C)CNCc1nc(COC2CCOCC2)cs1. The lowest BCUT2D eigenvalue weighted by molar-refractivity contribution is -0.0398. The molecule has 0 bridgehead atoms. The highest BCUT2D eigenvalue weighted by Gasteiger charge is 2.14. The van der Waals surface area contributed by atoms with E-state index in [9.17, 15) is 0 Å². The number of hydrogen-bond acceptors (Lipinski definition) is 5. The third-order valence-electron chi connectivity index (χ3n) is 3.06. The van der Waals surface area contributed by atoms with Crippen LogP contribution in [0.3, 0.4) is 0 Å². The van der Waals surface area contributed by atoms with Gasteiger partial charge >= 0.3 is 0 Å². The van der Waals surface area contributed by atoms with Gasteiger partial charge in [-0.05, 0) is 25.3 Å². The van der Waals surface area contributed by atoms with E-state index in [1.54, 1.807) is 11.3 Å². The fourth-order valence-electron chi connectivity index (χ4n) is 2.01. The Morgan fingerprint density at radius 2 is 2.26 bits per heavy atom. The zero-order chi connectivity index (χ0) is 13.5. The highest BCUT2D eigenvalue weighted by molar-refractivity contribution is 7.09. The second kappa shape index (κ2) is 7.94. The van der Waals surface area contributed by atoms with Crippen LogP contribution >= 0.6 is 11.3 Å². The van der Waals surface area contributed by atoms with Crippen molar-refractivity contribution in [2.75, 3.05) is 19.8 Å². The zero-order valence-corrected chi connectivity index (χ0v) is 12.7. The predicted octanol–water partition coefficient (Wildman–Crippen LogP) is 2.58. The summed E-state index contributed by atoms with van der Waals surface area (Å²) in [5.41, 5.74) is 1.05. The highest BCUT2D eigenvalue weighted by atomic mass is 32.1. The summed E-state index contributed by atoms with van der Waals surface area (Å²) in [4.78, 5) is 4.59. The second-order valence-corrected chi connectivity index (χ2v) is 6.32. The van der Waals surface area contributed by atoms with Gasteiger partial charge in [0, 0.05) is 25.1 Å². The summed E-state index contributed by atoms with van der Waals surface area (Å²) in [5.74, 6) is 0.677. The van der Waals surface area contributed by atoms with Crippen LogP contribution in [0.25, 0.3) is 0 Å². The number of hydrogen-bond donors (Lipinski definition) is 1. The molecule has 0 atom stereocenters. The van der Waals surface area contributed by atoms with E-state index >= 15 is 0 Å². The van der Waals surface area contributed by atoms with Gasteiger partial charge in [-0.25, -0.2) is 4.98 Å². The van der Waals surface area contributed by atoms with Crippen molar-refractivity contribution < 1.29 is 9.47 Å². The van der Waals surface area contributed by atoms with Gasteiger partial charge in [-0.15, -0.1) is 11.3 Å². The maximum Gasteiger partial charge on any atom is 0.107 e. The Bertz CT molecular complexity index is 362. The second-order valence-electron chi connectivity index (χ2n) is 5.38. The summed E-state index contributed by atoms with van der Waals surface area (Å²) in [6, 6.07) is 0. The van der Waals surface area contributed by atoms with Crippen LogP contribution in [0.1, 0.15) is 37.4 Å². The normalized spacial score (nSPS) is 17.2. The minimum absolute atomic E-state index is 0.345. The largest absolute Gasteiger partial charge is 0.381 e. The molecule has 1 fully saturated rings. The van der Waals surface area contributed by atoms with E-state index in [2.05, 4.69) is 29.5 Å². The molecule has 5 heteroatoms. The Morgan fingerprint density at radius 1 is 1.47 bits per heavy atom. The minimum atomic E-state index is 0.345. The molecule has 2 heterocycles. The molecule has 1 aliphatic heterocycles. The molecule has 0 aromatic carbocycles. The summed E-state index contributed by atoms with van der Waals surface area (Å²) in [6.45, 7) is 8.60. The van der Waals surface area contributed by atoms with Crippen molar-refractivity contribution in [1.82, 2.24) is 10.3 Å². The van der Waals surface area contributed by atoms with Gasteiger partial charge in [-0.2, -0.15) is 0 Å². The molecule has 1 saturated heterocycles. The summed E-state index contributed by atoms with van der Waals surface area (Å²) in [6.07, 6.45) is 2.36.